The fourth-order valence-electron chi connectivity index (χ4n) is 3.64. The summed E-state index contributed by atoms with van der Waals surface area (Å²) in [6.07, 6.45) is 0. The second-order valence-corrected chi connectivity index (χ2v) is 9.70. The van der Waals surface area contributed by atoms with Crippen LogP contribution in [0.15, 0.2) is 82.2 Å². The van der Waals surface area contributed by atoms with E-state index in [1.165, 1.54) is 40.2 Å². The number of nitro benzene ring substituents is 1. The van der Waals surface area contributed by atoms with Crippen molar-refractivity contribution < 1.29 is 4.92 Å². The first-order valence-corrected chi connectivity index (χ1v) is 12.3. The molecule has 0 atom stereocenters. The number of aryl methyl sites for hydroxylation is 2. The minimum absolute atomic E-state index is 0.0560. The Kier molecular flexibility index (Phi) is 7.07. The van der Waals surface area contributed by atoms with Crippen LogP contribution in [0.25, 0.3) is 11.3 Å². The standard InChI is InChI=1S/C28H28N4O2S/c1-18(2)22-8-12-25(13-9-22)29-28-31(30-21(5)24-7-6-19(3)20(4)16-24)27(17-35-28)23-10-14-26(15-11-23)32(33)34/h6-18H,1-5H3. The molecule has 4 rings (SSSR count). The first kappa shape index (κ1) is 24.3. The number of hydrogen-bond donors (Lipinski definition) is 0. The van der Waals surface area contributed by atoms with Crippen LogP contribution in [0.1, 0.15) is 48.9 Å². The summed E-state index contributed by atoms with van der Waals surface area (Å²) in [5.41, 5.74) is 8.15. The van der Waals surface area contributed by atoms with Crippen molar-refractivity contribution in [2.45, 2.75) is 40.5 Å². The van der Waals surface area contributed by atoms with E-state index in [2.05, 4.69) is 58.0 Å². The monoisotopic (exact) mass is 484 g/mol. The molecule has 7 heteroatoms. The number of nitro groups is 1. The predicted molar refractivity (Wildman–Crippen MR) is 144 cm³/mol. The van der Waals surface area contributed by atoms with Crippen LogP contribution in [0.3, 0.4) is 0 Å². The molecule has 0 saturated carbocycles. The number of hydrogen-bond acceptors (Lipinski definition) is 5. The average molecular weight is 485 g/mol. The van der Waals surface area contributed by atoms with E-state index < -0.39 is 4.92 Å². The van der Waals surface area contributed by atoms with Crippen LogP contribution >= 0.6 is 11.3 Å². The van der Waals surface area contributed by atoms with Gasteiger partial charge in [-0.1, -0.05) is 38.1 Å². The van der Waals surface area contributed by atoms with Crippen LogP contribution in [0.5, 0.6) is 0 Å². The molecule has 178 valence electrons. The van der Waals surface area contributed by atoms with Gasteiger partial charge in [0.05, 0.1) is 22.0 Å². The first-order valence-electron chi connectivity index (χ1n) is 11.5. The molecule has 0 amide bonds. The van der Waals surface area contributed by atoms with Gasteiger partial charge in [0.25, 0.3) is 5.69 Å². The summed E-state index contributed by atoms with van der Waals surface area (Å²) in [6.45, 7) is 10.5. The van der Waals surface area contributed by atoms with Crippen LogP contribution < -0.4 is 4.80 Å². The van der Waals surface area contributed by atoms with E-state index in [4.69, 9.17) is 10.1 Å². The minimum Gasteiger partial charge on any atom is -0.258 e. The Bertz CT molecular complexity index is 1460. The number of thiazole rings is 1. The molecule has 1 aromatic heterocycles. The second-order valence-electron chi connectivity index (χ2n) is 8.86. The molecule has 0 unspecified atom stereocenters. The van der Waals surface area contributed by atoms with Gasteiger partial charge in [0.15, 0.2) is 0 Å². The lowest BCUT2D eigenvalue weighted by atomic mass is 10.0. The van der Waals surface area contributed by atoms with Gasteiger partial charge in [0.2, 0.25) is 4.80 Å². The molecule has 6 nitrogen and oxygen atoms in total. The molecule has 0 radical (unpaired) electrons. The van der Waals surface area contributed by atoms with E-state index in [0.29, 0.717) is 5.92 Å². The molecular formula is C28H28N4O2S. The van der Waals surface area contributed by atoms with Crippen LogP contribution in [0.2, 0.25) is 0 Å². The Morgan fingerprint density at radius 1 is 0.971 bits per heavy atom. The zero-order chi connectivity index (χ0) is 25.1. The third-order valence-corrected chi connectivity index (χ3v) is 6.83. The molecule has 35 heavy (non-hydrogen) atoms. The van der Waals surface area contributed by atoms with Crippen molar-refractivity contribution in [2.75, 3.05) is 0 Å². The van der Waals surface area contributed by atoms with E-state index in [9.17, 15) is 10.1 Å². The van der Waals surface area contributed by atoms with Crippen molar-refractivity contribution >= 4 is 28.4 Å². The average Bonchev–Trinajstić information content (AvgIpc) is 3.23. The molecule has 0 aliphatic heterocycles. The fourth-order valence-corrected chi connectivity index (χ4v) is 4.49. The molecule has 4 aromatic rings. The summed E-state index contributed by atoms with van der Waals surface area (Å²) in [4.78, 5) is 16.3. The molecule has 0 spiro atoms. The largest absolute Gasteiger partial charge is 0.269 e. The maximum absolute atomic E-state index is 11.1. The molecule has 0 bridgehead atoms. The highest BCUT2D eigenvalue weighted by atomic mass is 32.1. The van der Waals surface area contributed by atoms with Crippen molar-refractivity contribution in [3.63, 3.8) is 0 Å². The zero-order valence-electron chi connectivity index (χ0n) is 20.5. The highest BCUT2D eigenvalue weighted by molar-refractivity contribution is 7.07. The number of aromatic nitrogens is 1. The quantitative estimate of drug-likeness (QED) is 0.163. The topological polar surface area (TPSA) is 72.8 Å². The van der Waals surface area contributed by atoms with Gasteiger partial charge in [-0.2, -0.15) is 5.10 Å². The molecule has 3 aromatic carbocycles. The van der Waals surface area contributed by atoms with Gasteiger partial charge in [-0.3, -0.25) is 10.1 Å². The van der Waals surface area contributed by atoms with E-state index in [1.54, 1.807) is 12.1 Å². The third-order valence-electron chi connectivity index (χ3n) is 6.02. The molecule has 0 aliphatic carbocycles. The van der Waals surface area contributed by atoms with Gasteiger partial charge in [0.1, 0.15) is 0 Å². The van der Waals surface area contributed by atoms with E-state index in [1.807, 2.05) is 29.1 Å². The minimum atomic E-state index is -0.394. The van der Waals surface area contributed by atoms with Gasteiger partial charge < -0.3 is 0 Å². The Labute approximate surface area is 209 Å². The highest BCUT2D eigenvalue weighted by Crippen LogP contribution is 2.25. The maximum atomic E-state index is 11.1. The van der Waals surface area contributed by atoms with Crippen LogP contribution in [0, 0.1) is 24.0 Å². The zero-order valence-corrected chi connectivity index (χ0v) is 21.3. The maximum Gasteiger partial charge on any atom is 0.269 e. The van der Waals surface area contributed by atoms with Crippen molar-refractivity contribution in [3.8, 4) is 11.3 Å². The summed E-state index contributed by atoms with van der Waals surface area (Å²) >= 11 is 1.48. The van der Waals surface area contributed by atoms with Crippen LogP contribution in [-0.4, -0.2) is 15.3 Å². The first-order chi connectivity index (χ1) is 16.7. The SMILES string of the molecule is CC(=Nn1c(-c2ccc([N+](=O)[O-])cc2)csc1=Nc1ccc(C(C)C)cc1)c1ccc(C)c(C)c1. The summed E-state index contributed by atoms with van der Waals surface area (Å²) in [5, 5.41) is 18.0. The second kappa shape index (κ2) is 10.2. The smallest absolute Gasteiger partial charge is 0.258 e. The Morgan fingerprint density at radius 2 is 1.66 bits per heavy atom. The summed E-state index contributed by atoms with van der Waals surface area (Å²) in [7, 11) is 0. The van der Waals surface area contributed by atoms with Gasteiger partial charge in [-0.25, -0.2) is 9.67 Å². The van der Waals surface area contributed by atoms with Gasteiger partial charge in [0, 0.05) is 23.1 Å². The normalized spacial score (nSPS) is 12.4. The molecule has 1 heterocycles. The number of nitrogens with zero attached hydrogens (tertiary/aromatic N) is 4. The molecule has 0 saturated heterocycles. The Morgan fingerprint density at radius 3 is 2.26 bits per heavy atom. The van der Waals surface area contributed by atoms with Crippen molar-refractivity contribution in [1.29, 1.82) is 0 Å². The lowest BCUT2D eigenvalue weighted by Gasteiger charge is -2.08. The van der Waals surface area contributed by atoms with Gasteiger partial charge >= 0.3 is 0 Å². The molecule has 0 fully saturated rings. The van der Waals surface area contributed by atoms with Crippen LogP contribution in [0.4, 0.5) is 11.4 Å². The lowest BCUT2D eigenvalue weighted by Crippen LogP contribution is -2.14. The van der Waals surface area contributed by atoms with Gasteiger partial charge in [-0.05, 0) is 79.3 Å². The summed E-state index contributed by atoms with van der Waals surface area (Å²) < 4.78 is 1.83. The lowest BCUT2D eigenvalue weighted by molar-refractivity contribution is -0.384. The molecule has 0 aliphatic rings. The number of non-ortho nitro benzene ring substituents is 1. The van der Waals surface area contributed by atoms with Crippen molar-refractivity contribution in [1.82, 2.24) is 4.68 Å². The van der Waals surface area contributed by atoms with E-state index >= 15 is 0 Å². The highest BCUT2D eigenvalue weighted by Gasteiger charge is 2.12. The summed E-state index contributed by atoms with van der Waals surface area (Å²) in [6, 6.07) is 21.1. The van der Waals surface area contributed by atoms with E-state index in [0.717, 1.165) is 33.0 Å². The number of benzene rings is 3. The van der Waals surface area contributed by atoms with Crippen LogP contribution in [-0.2, 0) is 0 Å². The fraction of sp³-hybridized carbons (Fsp3) is 0.214. The molecular weight excluding hydrogens is 456 g/mol. The Hall–Kier alpha value is -3.84. The Balaban J connectivity index is 1.85. The van der Waals surface area contributed by atoms with Crippen molar-refractivity contribution in [2.24, 2.45) is 10.1 Å². The van der Waals surface area contributed by atoms with Crippen molar-refractivity contribution in [3.05, 3.63) is 109 Å². The number of rotatable bonds is 6. The summed E-state index contributed by atoms with van der Waals surface area (Å²) in [5.74, 6) is 0.453. The predicted octanol–water partition coefficient (Wildman–Crippen LogP) is 7.37. The van der Waals surface area contributed by atoms with Gasteiger partial charge in [-0.15, -0.1) is 11.3 Å². The molecule has 0 N–H and O–H groups in total. The third kappa shape index (κ3) is 5.46. The van der Waals surface area contributed by atoms with E-state index in [-0.39, 0.29) is 5.69 Å².